The molecule has 1 aromatic carbocycles. The Balaban J connectivity index is 1.84. The number of carboxylic acid groups (broad SMARTS) is 1. The lowest BCUT2D eigenvalue weighted by molar-refractivity contribution is 0.0692. The van der Waals surface area contributed by atoms with Gasteiger partial charge < -0.3 is 10.0 Å². The number of halogens is 1. The molecule has 108 valence electrons. The van der Waals surface area contributed by atoms with Crippen molar-refractivity contribution in [1.29, 1.82) is 0 Å². The molecule has 0 saturated carbocycles. The number of carboxylic acids is 1. The normalized spacial score (nSPS) is 13.9. The van der Waals surface area contributed by atoms with Gasteiger partial charge in [-0.2, -0.15) is 0 Å². The Morgan fingerprint density at radius 2 is 2.10 bits per heavy atom. The highest BCUT2D eigenvalue weighted by atomic mass is 32.1. The number of benzene rings is 1. The van der Waals surface area contributed by atoms with E-state index < -0.39 is 11.8 Å². The van der Waals surface area contributed by atoms with E-state index in [1.54, 1.807) is 6.07 Å². The molecular formula is C14H11FN2O3S. The first-order chi connectivity index (χ1) is 10.1. The van der Waals surface area contributed by atoms with Gasteiger partial charge in [0.25, 0.3) is 5.91 Å². The summed E-state index contributed by atoms with van der Waals surface area (Å²) in [5, 5.41) is 8.97. The van der Waals surface area contributed by atoms with Crippen molar-refractivity contribution in [3.63, 3.8) is 0 Å². The number of nitrogens with zero attached hydrogens (tertiary/aromatic N) is 2. The Bertz CT molecular complexity index is 729. The summed E-state index contributed by atoms with van der Waals surface area (Å²) in [7, 11) is 0. The van der Waals surface area contributed by atoms with Gasteiger partial charge in [0.2, 0.25) is 5.01 Å². The van der Waals surface area contributed by atoms with E-state index in [0.29, 0.717) is 13.0 Å². The molecule has 2 heterocycles. The third kappa shape index (κ3) is 2.52. The first-order valence-corrected chi connectivity index (χ1v) is 7.13. The van der Waals surface area contributed by atoms with Crippen LogP contribution in [-0.4, -0.2) is 33.4 Å². The van der Waals surface area contributed by atoms with Crippen LogP contribution in [0.1, 0.15) is 30.7 Å². The lowest BCUT2D eigenvalue weighted by Gasteiger charge is -2.26. The number of fused-ring (bicyclic) bond motifs is 1. The lowest BCUT2D eigenvalue weighted by Crippen LogP contribution is -2.35. The van der Waals surface area contributed by atoms with Gasteiger partial charge in [0, 0.05) is 17.8 Å². The maximum atomic E-state index is 13.7. The van der Waals surface area contributed by atoms with Gasteiger partial charge in [-0.25, -0.2) is 14.2 Å². The summed E-state index contributed by atoms with van der Waals surface area (Å²) < 4.78 is 13.7. The summed E-state index contributed by atoms with van der Waals surface area (Å²) in [4.78, 5) is 29.6. The number of carbonyl (C=O) groups is 2. The predicted molar refractivity (Wildman–Crippen MR) is 73.9 cm³/mol. The highest BCUT2D eigenvalue weighted by Crippen LogP contribution is 2.26. The molecule has 2 aromatic rings. The third-order valence-corrected chi connectivity index (χ3v) is 4.38. The van der Waals surface area contributed by atoms with Crippen LogP contribution in [0.25, 0.3) is 0 Å². The van der Waals surface area contributed by atoms with Gasteiger partial charge in [0.1, 0.15) is 5.82 Å². The topological polar surface area (TPSA) is 70.5 Å². The largest absolute Gasteiger partial charge is 0.476 e. The van der Waals surface area contributed by atoms with Gasteiger partial charge in [0.15, 0.2) is 0 Å². The second-order valence-electron chi connectivity index (χ2n) is 4.65. The Labute approximate surface area is 123 Å². The molecule has 0 saturated heterocycles. The average Bonchev–Trinajstić information content (AvgIpc) is 2.90. The average molecular weight is 306 g/mol. The fourth-order valence-corrected chi connectivity index (χ4v) is 3.23. The summed E-state index contributed by atoms with van der Waals surface area (Å²) in [5.41, 5.74) is 0.749. The Hall–Kier alpha value is -2.28. The number of thiazole rings is 1. The van der Waals surface area contributed by atoms with Gasteiger partial charge in [-0.1, -0.05) is 12.1 Å². The van der Waals surface area contributed by atoms with Crippen molar-refractivity contribution >= 4 is 23.2 Å². The van der Waals surface area contributed by atoms with Gasteiger partial charge in [-0.15, -0.1) is 11.3 Å². The molecule has 1 N–H and O–H groups in total. The molecule has 0 unspecified atom stereocenters. The van der Waals surface area contributed by atoms with Crippen molar-refractivity contribution in [1.82, 2.24) is 9.88 Å². The zero-order chi connectivity index (χ0) is 15.0. The fourth-order valence-electron chi connectivity index (χ4n) is 2.27. The molecule has 0 radical (unpaired) electrons. The lowest BCUT2D eigenvalue weighted by atomic mass is 10.1. The zero-order valence-electron chi connectivity index (χ0n) is 10.9. The fraction of sp³-hybridized carbons (Fsp3) is 0.214. The molecule has 0 atom stereocenters. The summed E-state index contributed by atoms with van der Waals surface area (Å²) in [6.07, 6.45) is 0.485. The summed E-state index contributed by atoms with van der Waals surface area (Å²) >= 11 is 1.07. The number of aromatic nitrogens is 1. The molecule has 1 amide bonds. The zero-order valence-corrected chi connectivity index (χ0v) is 11.7. The summed E-state index contributed by atoms with van der Waals surface area (Å²) in [6, 6.07) is 5.84. The SMILES string of the molecule is O=C(O)c1nc2c(s1)CN(C(=O)c1ccccc1F)CC2. The maximum absolute atomic E-state index is 13.7. The minimum atomic E-state index is -1.07. The molecule has 0 spiro atoms. The van der Waals surface area contributed by atoms with E-state index >= 15 is 0 Å². The number of aromatic carboxylic acids is 1. The molecule has 0 aliphatic carbocycles. The van der Waals surface area contributed by atoms with Gasteiger partial charge in [-0.05, 0) is 12.1 Å². The van der Waals surface area contributed by atoms with Crippen molar-refractivity contribution in [3.05, 3.63) is 51.2 Å². The van der Waals surface area contributed by atoms with Crippen molar-refractivity contribution in [2.45, 2.75) is 13.0 Å². The van der Waals surface area contributed by atoms with E-state index in [1.165, 1.54) is 23.1 Å². The summed E-state index contributed by atoms with van der Waals surface area (Å²) in [6.45, 7) is 0.677. The van der Waals surface area contributed by atoms with Gasteiger partial charge in [0.05, 0.1) is 17.8 Å². The van der Waals surface area contributed by atoms with E-state index in [1.807, 2.05) is 0 Å². The first kappa shape index (κ1) is 13.7. The van der Waals surface area contributed by atoms with Crippen molar-refractivity contribution in [2.24, 2.45) is 0 Å². The van der Waals surface area contributed by atoms with Crippen LogP contribution in [0.2, 0.25) is 0 Å². The molecule has 1 aliphatic rings. The predicted octanol–water partition coefficient (Wildman–Crippen LogP) is 2.18. The van der Waals surface area contributed by atoms with Crippen molar-refractivity contribution in [3.8, 4) is 0 Å². The highest BCUT2D eigenvalue weighted by molar-refractivity contribution is 7.13. The highest BCUT2D eigenvalue weighted by Gasteiger charge is 2.27. The Morgan fingerprint density at radius 1 is 1.33 bits per heavy atom. The van der Waals surface area contributed by atoms with Crippen molar-refractivity contribution < 1.29 is 19.1 Å². The minimum Gasteiger partial charge on any atom is -0.476 e. The van der Waals surface area contributed by atoms with Crippen LogP contribution in [0.15, 0.2) is 24.3 Å². The van der Waals surface area contributed by atoms with E-state index in [-0.39, 0.29) is 23.0 Å². The standard InChI is InChI=1S/C14H11FN2O3S/c15-9-4-2-1-3-8(9)13(18)17-6-5-10-11(7-17)21-12(16-10)14(19)20/h1-4H,5-7H2,(H,19,20). The Morgan fingerprint density at radius 3 is 2.81 bits per heavy atom. The monoisotopic (exact) mass is 306 g/mol. The molecular weight excluding hydrogens is 295 g/mol. The number of carbonyl (C=O) groups excluding carboxylic acids is 1. The van der Waals surface area contributed by atoms with Crippen LogP contribution in [0, 0.1) is 5.82 Å². The molecule has 0 fully saturated rings. The van der Waals surface area contributed by atoms with Crippen molar-refractivity contribution in [2.75, 3.05) is 6.54 Å². The van der Waals surface area contributed by atoms with E-state index in [0.717, 1.165) is 21.9 Å². The molecule has 1 aliphatic heterocycles. The first-order valence-electron chi connectivity index (χ1n) is 6.32. The van der Waals surface area contributed by atoms with Crippen LogP contribution >= 0.6 is 11.3 Å². The quantitative estimate of drug-likeness (QED) is 0.923. The van der Waals surface area contributed by atoms with E-state index in [4.69, 9.17) is 5.11 Å². The molecule has 3 rings (SSSR count). The van der Waals surface area contributed by atoms with Crippen LogP contribution in [0.4, 0.5) is 4.39 Å². The van der Waals surface area contributed by atoms with Crippen LogP contribution in [0.3, 0.4) is 0 Å². The van der Waals surface area contributed by atoms with Gasteiger partial charge in [-0.3, -0.25) is 4.79 Å². The molecule has 0 bridgehead atoms. The van der Waals surface area contributed by atoms with Crippen LogP contribution in [-0.2, 0) is 13.0 Å². The van der Waals surface area contributed by atoms with E-state index in [2.05, 4.69) is 4.98 Å². The smallest absolute Gasteiger partial charge is 0.365 e. The molecule has 7 heteroatoms. The van der Waals surface area contributed by atoms with E-state index in [9.17, 15) is 14.0 Å². The number of rotatable bonds is 2. The van der Waals surface area contributed by atoms with Crippen LogP contribution < -0.4 is 0 Å². The van der Waals surface area contributed by atoms with Gasteiger partial charge >= 0.3 is 5.97 Å². The minimum absolute atomic E-state index is 0.0280. The second-order valence-corrected chi connectivity index (χ2v) is 5.73. The summed E-state index contributed by atoms with van der Waals surface area (Å²) in [5.74, 6) is -2.01. The molecule has 5 nitrogen and oxygen atoms in total. The molecule has 21 heavy (non-hydrogen) atoms. The number of hydrogen-bond donors (Lipinski definition) is 1. The third-order valence-electron chi connectivity index (χ3n) is 3.31. The van der Waals surface area contributed by atoms with Crippen LogP contribution in [0.5, 0.6) is 0 Å². The number of hydrogen-bond acceptors (Lipinski definition) is 4. The molecule has 1 aromatic heterocycles. The second kappa shape index (κ2) is 5.25. The number of amides is 1. The Kier molecular flexibility index (Phi) is 3.42. The maximum Gasteiger partial charge on any atom is 0.365 e.